The zero-order valence-corrected chi connectivity index (χ0v) is 16.7. The number of anilines is 1. The molecule has 2 saturated heterocycles. The Morgan fingerprint density at radius 1 is 1.24 bits per heavy atom. The van der Waals surface area contributed by atoms with Gasteiger partial charge in [-0.25, -0.2) is 4.98 Å². The topological polar surface area (TPSA) is 91.7 Å². The number of likely N-dealkylation sites (tertiary alicyclic amines) is 1. The smallest absolute Gasteiger partial charge is 0.228 e. The Labute approximate surface area is 170 Å². The number of hydrogen-bond donors (Lipinski definition) is 1. The third-order valence-electron chi connectivity index (χ3n) is 5.97. The van der Waals surface area contributed by atoms with Crippen molar-refractivity contribution < 1.29 is 14.6 Å². The highest BCUT2D eigenvalue weighted by molar-refractivity contribution is 5.78. The van der Waals surface area contributed by atoms with Gasteiger partial charge in [-0.1, -0.05) is 6.07 Å². The van der Waals surface area contributed by atoms with Gasteiger partial charge in [0.2, 0.25) is 17.7 Å². The van der Waals surface area contributed by atoms with E-state index in [9.17, 15) is 9.90 Å². The Morgan fingerprint density at radius 3 is 2.79 bits per heavy atom. The summed E-state index contributed by atoms with van der Waals surface area (Å²) < 4.78 is 5.21. The lowest BCUT2D eigenvalue weighted by Crippen LogP contribution is -2.55. The average molecular weight is 397 g/mol. The molecule has 4 heterocycles. The Bertz CT molecular complexity index is 839. The second-order valence-corrected chi connectivity index (χ2v) is 8.02. The van der Waals surface area contributed by atoms with Crippen LogP contribution in [0.1, 0.15) is 25.0 Å². The minimum atomic E-state index is -0.436. The van der Waals surface area contributed by atoms with Crippen LogP contribution in [0, 0.1) is 5.41 Å². The van der Waals surface area contributed by atoms with Gasteiger partial charge >= 0.3 is 0 Å². The average Bonchev–Trinajstić information content (AvgIpc) is 2.74. The van der Waals surface area contributed by atoms with E-state index >= 15 is 0 Å². The van der Waals surface area contributed by atoms with E-state index in [0.717, 1.165) is 31.5 Å². The second kappa shape index (κ2) is 8.32. The maximum atomic E-state index is 12.7. The van der Waals surface area contributed by atoms with Crippen LogP contribution in [-0.2, 0) is 11.2 Å². The fourth-order valence-corrected chi connectivity index (χ4v) is 4.47. The largest absolute Gasteiger partial charge is 0.481 e. The molecule has 1 atom stereocenters. The monoisotopic (exact) mass is 397 g/mol. The van der Waals surface area contributed by atoms with Gasteiger partial charge in [0, 0.05) is 50.3 Å². The molecule has 154 valence electrons. The number of carbonyl (C=O) groups is 1. The molecule has 0 bridgehead atoms. The van der Waals surface area contributed by atoms with Crippen molar-refractivity contribution in [1.29, 1.82) is 0 Å². The fourth-order valence-electron chi connectivity index (χ4n) is 4.47. The lowest BCUT2D eigenvalue weighted by Gasteiger charge is -2.49. The van der Waals surface area contributed by atoms with Gasteiger partial charge in [-0.2, -0.15) is 4.98 Å². The molecule has 1 unspecified atom stereocenters. The van der Waals surface area contributed by atoms with Crippen molar-refractivity contribution in [3.8, 4) is 5.88 Å². The predicted octanol–water partition coefficient (Wildman–Crippen LogP) is 1.30. The minimum Gasteiger partial charge on any atom is -0.481 e. The molecular weight excluding hydrogens is 370 g/mol. The van der Waals surface area contributed by atoms with Crippen LogP contribution in [0.2, 0.25) is 0 Å². The van der Waals surface area contributed by atoms with Gasteiger partial charge in [-0.05, 0) is 36.8 Å². The Hall–Kier alpha value is -2.74. The lowest BCUT2D eigenvalue weighted by molar-refractivity contribution is -0.133. The summed E-state index contributed by atoms with van der Waals surface area (Å²) in [6.45, 7) is 2.69. The van der Waals surface area contributed by atoms with Crippen molar-refractivity contribution in [3.63, 3.8) is 0 Å². The predicted molar refractivity (Wildman–Crippen MR) is 108 cm³/mol. The van der Waals surface area contributed by atoms with Gasteiger partial charge in [0.1, 0.15) is 0 Å². The van der Waals surface area contributed by atoms with Crippen molar-refractivity contribution in [2.24, 2.45) is 5.41 Å². The molecule has 2 aromatic rings. The number of aliphatic hydroxyl groups excluding tert-OH is 1. The number of β-amino-alcohol motifs (C(OH)–C–C–N with tert-alkyl or cyclic N) is 1. The molecule has 0 aromatic carbocycles. The van der Waals surface area contributed by atoms with Gasteiger partial charge in [-0.3, -0.25) is 9.78 Å². The van der Waals surface area contributed by atoms with Crippen LogP contribution in [0.4, 0.5) is 5.95 Å². The lowest BCUT2D eigenvalue weighted by atomic mass is 9.71. The molecule has 29 heavy (non-hydrogen) atoms. The number of nitrogens with zero attached hydrogens (tertiary/aromatic N) is 5. The standard InChI is InChI=1S/C21H27N5O3/c1-29-18-5-9-23-20(24-18)26-14-17(27)13-21(15-26)6-10-25(11-7-21)19(28)12-16-4-2-3-8-22-16/h2-5,8-9,17,27H,6-7,10-15H2,1H3. The van der Waals surface area contributed by atoms with Gasteiger partial charge in [0.25, 0.3) is 0 Å². The van der Waals surface area contributed by atoms with E-state index < -0.39 is 6.10 Å². The summed E-state index contributed by atoms with van der Waals surface area (Å²) in [5.74, 6) is 1.21. The summed E-state index contributed by atoms with van der Waals surface area (Å²) >= 11 is 0. The molecular formula is C21H27N5O3. The molecule has 4 rings (SSSR count). The molecule has 1 spiro atoms. The number of methoxy groups -OCH3 is 1. The van der Waals surface area contributed by atoms with Crippen LogP contribution in [0.15, 0.2) is 36.7 Å². The first-order chi connectivity index (χ1) is 14.1. The number of aromatic nitrogens is 3. The molecule has 2 aliphatic rings. The molecule has 0 saturated carbocycles. The van der Waals surface area contributed by atoms with Crippen molar-refractivity contribution in [1.82, 2.24) is 19.9 Å². The van der Waals surface area contributed by atoms with Gasteiger partial charge in [0.05, 0.1) is 19.6 Å². The van der Waals surface area contributed by atoms with Crippen molar-refractivity contribution in [3.05, 3.63) is 42.4 Å². The first-order valence-electron chi connectivity index (χ1n) is 10.0. The number of hydrogen-bond acceptors (Lipinski definition) is 7. The summed E-state index contributed by atoms with van der Waals surface area (Å²) in [7, 11) is 1.58. The highest BCUT2D eigenvalue weighted by atomic mass is 16.5. The van der Waals surface area contributed by atoms with E-state index in [0.29, 0.717) is 37.9 Å². The first-order valence-corrected chi connectivity index (χ1v) is 10.0. The summed E-state index contributed by atoms with van der Waals surface area (Å²) in [5, 5.41) is 10.5. The maximum absolute atomic E-state index is 12.7. The minimum absolute atomic E-state index is 0.0358. The summed E-state index contributed by atoms with van der Waals surface area (Å²) in [4.78, 5) is 29.7. The number of carbonyl (C=O) groups excluding carboxylic acids is 1. The quantitative estimate of drug-likeness (QED) is 0.831. The molecule has 1 amide bonds. The third kappa shape index (κ3) is 4.48. The summed E-state index contributed by atoms with van der Waals surface area (Å²) in [6.07, 6.45) is 5.75. The first kappa shape index (κ1) is 19.6. The number of pyridine rings is 1. The van der Waals surface area contributed by atoms with Crippen LogP contribution >= 0.6 is 0 Å². The molecule has 1 N–H and O–H groups in total. The summed E-state index contributed by atoms with van der Waals surface area (Å²) in [5.41, 5.74) is 0.763. The van der Waals surface area contributed by atoms with E-state index in [1.807, 2.05) is 28.0 Å². The van der Waals surface area contributed by atoms with Gasteiger partial charge in [-0.15, -0.1) is 0 Å². The SMILES string of the molecule is COc1ccnc(N2CC(O)CC3(CCN(C(=O)Cc4ccccn4)CC3)C2)n1. The molecule has 2 aromatic heterocycles. The summed E-state index contributed by atoms with van der Waals surface area (Å²) in [6, 6.07) is 7.35. The van der Waals surface area contributed by atoms with Crippen LogP contribution < -0.4 is 9.64 Å². The van der Waals surface area contributed by atoms with E-state index in [2.05, 4.69) is 15.0 Å². The molecule has 2 aliphatic heterocycles. The molecule has 8 nitrogen and oxygen atoms in total. The van der Waals surface area contributed by atoms with Crippen molar-refractivity contribution in [2.45, 2.75) is 31.8 Å². The Kier molecular flexibility index (Phi) is 5.62. The molecule has 2 fully saturated rings. The van der Waals surface area contributed by atoms with Crippen LogP contribution in [0.3, 0.4) is 0 Å². The highest BCUT2D eigenvalue weighted by Crippen LogP contribution is 2.41. The third-order valence-corrected chi connectivity index (χ3v) is 5.97. The molecule has 0 radical (unpaired) electrons. The van der Waals surface area contributed by atoms with E-state index in [4.69, 9.17) is 4.74 Å². The number of amides is 1. The van der Waals surface area contributed by atoms with E-state index in [-0.39, 0.29) is 11.3 Å². The second-order valence-electron chi connectivity index (χ2n) is 8.02. The Morgan fingerprint density at radius 2 is 2.07 bits per heavy atom. The zero-order chi connectivity index (χ0) is 20.3. The van der Waals surface area contributed by atoms with Crippen LogP contribution in [-0.4, -0.2) is 70.3 Å². The van der Waals surface area contributed by atoms with Crippen LogP contribution in [0.5, 0.6) is 5.88 Å². The fraction of sp³-hybridized carbons (Fsp3) is 0.524. The zero-order valence-electron chi connectivity index (χ0n) is 16.7. The maximum Gasteiger partial charge on any atom is 0.228 e. The number of ether oxygens (including phenoxy) is 1. The van der Waals surface area contributed by atoms with Crippen molar-refractivity contribution >= 4 is 11.9 Å². The van der Waals surface area contributed by atoms with Crippen molar-refractivity contribution in [2.75, 3.05) is 38.2 Å². The number of piperidine rings is 2. The number of rotatable bonds is 4. The highest BCUT2D eigenvalue weighted by Gasteiger charge is 2.43. The molecule has 0 aliphatic carbocycles. The normalized spacial score (nSPS) is 21.2. The number of aliphatic hydroxyl groups is 1. The van der Waals surface area contributed by atoms with E-state index in [1.54, 1.807) is 25.6 Å². The molecule has 8 heteroatoms. The Balaban J connectivity index is 1.40. The van der Waals surface area contributed by atoms with Gasteiger partial charge in [0.15, 0.2) is 0 Å². The van der Waals surface area contributed by atoms with E-state index in [1.165, 1.54) is 0 Å². The van der Waals surface area contributed by atoms with Crippen LogP contribution in [0.25, 0.3) is 0 Å². The van der Waals surface area contributed by atoms with Gasteiger partial charge < -0.3 is 19.6 Å².